The van der Waals surface area contributed by atoms with Crippen molar-refractivity contribution in [3.05, 3.63) is 35.9 Å². The molecule has 1 N–H and O–H groups in total. The lowest BCUT2D eigenvalue weighted by atomic mass is 10.2. The van der Waals surface area contributed by atoms with Gasteiger partial charge in [0.2, 0.25) is 0 Å². The molecular formula is C10H10O4S. The summed E-state index contributed by atoms with van der Waals surface area (Å²) in [6, 6.07) is 6.33. The first-order valence-electron chi connectivity index (χ1n) is 4.10. The molecule has 5 heteroatoms. The average molecular weight is 226 g/mol. The number of hydrogen-bond acceptors (Lipinski definition) is 3. The molecule has 80 valence electrons. The lowest BCUT2D eigenvalue weighted by Gasteiger charge is -1.96. The van der Waals surface area contributed by atoms with Crippen LogP contribution < -0.4 is 0 Å². The zero-order valence-electron chi connectivity index (χ0n) is 8.04. The van der Waals surface area contributed by atoms with Crippen molar-refractivity contribution >= 4 is 23.1 Å². The Bertz CT molecular complexity index is 394. The Labute approximate surface area is 89.9 Å². The molecule has 0 bridgehead atoms. The van der Waals surface area contributed by atoms with Crippen molar-refractivity contribution in [1.82, 2.24) is 0 Å². The summed E-state index contributed by atoms with van der Waals surface area (Å²) in [6.07, 6.45) is 2.85. The van der Waals surface area contributed by atoms with Crippen LogP contribution in [0.15, 0.2) is 35.2 Å². The van der Waals surface area contributed by atoms with Crippen LogP contribution in [0.4, 0.5) is 0 Å². The van der Waals surface area contributed by atoms with E-state index >= 15 is 0 Å². The van der Waals surface area contributed by atoms with Crippen molar-refractivity contribution in [2.75, 3.05) is 7.11 Å². The minimum atomic E-state index is -1.97. The highest BCUT2D eigenvalue weighted by Gasteiger charge is 1.98. The second-order valence-electron chi connectivity index (χ2n) is 2.67. The summed E-state index contributed by atoms with van der Waals surface area (Å²) in [7, 11) is 1.30. The number of esters is 1. The molecule has 4 nitrogen and oxygen atoms in total. The number of carbonyl (C=O) groups is 1. The van der Waals surface area contributed by atoms with Gasteiger partial charge in [-0.3, -0.25) is 0 Å². The van der Waals surface area contributed by atoms with Crippen molar-refractivity contribution in [3.63, 3.8) is 0 Å². The first kappa shape index (κ1) is 11.6. The first-order chi connectivity index (χ1) is 7.13. The predicted molar refractivity (Wildman–Crippen MR) is 56.5 cm³/mol. The topological polar surface area (TPSA) is 63.6 Å². The minimum absolute atomic E-state index is 0.324. The van der Waals surface area contributed by atoms with Gasteiger partial charge in [0.25, 0.3) is 0 Å². The Kier molecular flexibility index (Phi) is 4.20. The Hall–Kier alpha value is -1.46. The average Bonchev–Trinajstić information content (AvgIpc) is 2.26. The monoisotopic (exact) mass is 226 g/mol. The molecule has 0 spiro atoms. The van der Waals surface area contributed by atoms with E-state index in [1.807, 2.05) is 0 Å². The molecule has 1 aromatic rings. The minimum Gasteiger partial charge on any atom is -0.466 e. The van der Waals surface area contributed by atoms with Crippen LogP contribution >= 0.6 is 0 Å². The van der Waals surface area contributed by atoms with Crippen LogP contribution in [0, 0.1) is 0 Å². The van der Waals surface area contributed by atoms with Gasteiger partial charge in [-0.15, -0.1) is 0 Å². The first-order valence-corrected chi connectivity index (χ1v) is 5.21. The van der Waals surface area contributed by atoms with Crippen LogP contribution in [0.2, 0.25) is 0 Å². The number of rotatable bonds is 3. The highest BCUT2D eigenvalue weighted by molar-refractivity contribution is 7.79. The SMILES string of the molecule is COC(=O)/C=C/c1ccc(S(=O)O)cc1. The Morgan fingerprint density at radius 2 is 2.00 bits per heavy atom. The van der Waals surface area contributed by atoms with E-state index < -0.39 is 17.0 Å². The van der Waals surface area contributed by atoms with Gasteiger partial charge < -0.3 is 9.29 Å². The third kappa shape index (κ3) is 3.65. The van der Waals surface area contributed by atoms with Crippen LogP contribution in [-0.2, 0) is 20.6 Å². The third-order valence-corrected chi connectivity index (χ3v) is 2.37. The summed E-state index contributed by atoms with van der Waals surface area (Å²) in [5.41, 5.74) is 0.759. The van der Waals surface area contributed by atoms with E-state index in [1.54, 1.807) is 18.2 Å². The summed E-state index contributed by atoms with van der Waals surface area (Å²) in [6.45, 7) is 0. The molecule has 1 rings (SSSR count). The zero-order valence-corrected chi connectivity index (χ0v) is 8.86. The van der Waals surface area contributed by atoms with Crippen LogP contribution in [0.25, 0.3) is 6.08 Å². The van der Waals surface area contributed by atoms with Gasteiger partial charge in [-0.1, -0.05) is 12.1 Å². The number of benzene rings is 1. The summed E-state index contributed by atoms with van der Waals surface area (Å²) < 4.78 is 23.8. The number of hydrogen-bond donors (Lipinski definition) is 1. The Morgan fingerprint density at radius 3 is 2.47 bits per heavy atom. The van der Waals surface area contributed by atoms with E-state index in [-0.39, 0.29) is 0 Å². The highest BCUT2D eigenvalue weighted by Crippen LogP contribution is 2.08. The van der Waals surface area contributed by atoms with Crippen LogP contribution in [0.5, 0.6) is 0 Å². The number of methoxy groups -OCH3 is 1. The van der Waals surface area contributed by atoms with E-state index in [1.165, 1.54) is 25.3 Å². The third-order valence-electron chi connectivity index (χ3n) is 1.69. The van der Waals surface area contributed by atoms with Gasteiger partial charge in [-0.05, 0) is 23.8 Å². The fraction of sp³-hybridized carbons (Fsp3) is 0.100. The van der Waals surface area contributed by atoms with Gasteiger partial charge in [-0.25, -0.2) is 9.00 Å². The smallest absolute Gasteiger partial charge is 0.330 e. The van der Waals surface area contributed by atoms with Crippen LogP contribution in [-0.4, -0.2) is 21.8 Å². The second-order valence-corrected chi connectivity index (χ2v) is 3.64. The van der Waals surface area contributed by atoms with Crippen LogP contribution in [0.1, 0.15) is 5.56 Å². The fourth-order valence-corrected chi connectivity index (χ4v) is 1.30. The maximum absolute atomic E-state index is 10.8. The summed E-state index contributed by atoms with van der Waals surface area (Å²) in [5, 5.41) is 0. The number of ether oxygens (including phenoxy) is 1. The molecule has 0 aliphatic rings. The van der Waals surface area contributed by atoms with Crippen LogP contribution in [0.3, 0.4) is 0 Å². The largest absolute Gasteiger partial charge is 0.466 e. The molecule has 1 unspecified atom stereocenters. The van der Waals surface area contributed by atoms with E-state index in [0.717, 1.165) is 5.56 Å². The van der Waals surface area contributed by atoms with E-state index in [0.29, 0.717) is 4.90 Å². The molecule has 0 aliphatic heterocycles. The lowest BCUT2D eigenvalue weighted by Crippen LogP contribution is -1.93. The molecule has 1 atom stereocenters. The van der Waals surface area contributed by atoms with Crippen molar-refractivity contribution in [3.8, 4) is 0 Å². The Morgan fingerprint density at radius 1 is 1.40 bits per heavy atom. The normalized spacial score (nSPS) is 12.7. The standard InChI is InChI=1S/C10H10O4S/c1-14-10(11)7-4-8-2-5-9(6-3-8)15(12)13/h2-7H,1H3,(H,12,13)/b7-4+. The van der Waals surface area contributed by atoms with Gasteiger partial charge in [0.1, 0.15) is 0 Å². The molecule has 0 heterocycles. The van der Waals surface area contributed by atoms with Crippen molar-refractivity contribution in [2.45, 2.75) is 4.90 Å². The zero-order chi connectivity index (χ0) is 11.3. The van der Waals surface area contributed by atoms with Gasteiger partial charge in [0.05, 0.1) is 12.0 Å². The van der Waals surface area contributed by atoms with E-state index in [9.17, 15) is 9.00 Å². The maximum atomic E-state index is 10.8. The summed E-state index contributed by atoms with van der Waals surface area (Å²) in [5.74, 6) is -0.440. The fourth-order valence-electron chi connectivity index (χ4n) is 0.928. The highest BCUT2D eigenvalue weighted by atomic mass is 32.2. The molecular weight excluding hydrogens is 216 g/mol. The quantitative estimate of drug-likeness (QED) is 0.481. The van der Waals surface area contributed by atoms with Gasteiger partial charge in [-0.2, -0.15) is 0 Å². The lowest BCUT2D eigenvalue weighted by molar-refractivity contribution is -0.134. The predicted octanol–water partition coefficient (Wildman–Crippen LogP) is 1.45. The molecule has 0 fully saturated rings. The summed E-state index contributed by atoms with van der Waals surface area (Å²) >= 11 is -1.97. The molecule has 0 saturated heterocycles. The Balaban J connectivity index is 2.77. The van der Waals surface area contributed by atoms with Crippen molar-refractivity contribution < 1.29 is 18.3 Å². The van der Waals surface area contributed by atoms with Crippen molar-refractivity contribution in [1.29, 1.82) is 0 Å². The maximum Gasteiger partial charge on any atom is 0.330 e. The summed E-state index contributed by atoms with van der Waals surface area (Å²) in [4.78, 5) is 11.1. The molecule has 0 radical (unpaired) electrons. The van der Waals surface area contributed by atoms with Crippen molar-refractivity contribution in [2.24, 2.45) is 0 Å². The number of carbonyl (C=O) groups excluding carboxylic acids is 1. The van der Waals surface area contributed by atoms with Gasteiger partial charge in [0.15, 0.2) is 11.1 Å². The molecule has 1 aromatic carbocycles. The van der Waals surface area contributed by atoms with E-state index in [4.69, 9.17) is 4.55 Å². The van der Waals surface area contributed by atoms with Gasteiger partial charge in [0, 0.05) is 6.08 Å². The molecule has 0 amide bonds. The molecule has 0 aromatic heterocycles. The van der Waals surface area contributed by atoms with Gasteiger partial charge >= 0.3 is 5.97 Å². The molecule has 0 saturated carbocycles. The van der Waals surface area contributed by atoms with E-state index in [2.05, 4.69) is 4.74 Å². The molecule has 0 aliphatic carbocycles. The molecule has 15 heavy (non-hydrogen) atoms. The second kappa shape index (κ2) is 5.43.